The van der Waals surface area contributed by atoms with Gasteiger partial charge in [0.2, 0.25) is 5.91 Å². The largest absolute Gasteiger partial charge is 0.497 e. The van der Waals surface area contributed by atoms with E-state index in [2.05, 4.69) is 15.5 Å². The number of methoxy groups -OCH3 is 1. The van der Waals surface area contributed by atoms with Crippen LogP contribution in [-0.2, 0) is 24.1 Å². The molecule has 1 aromatic carbocycles. The lowest BCUT2D eigenvalue weighted by molar-refractivity contribution is -0.141. The third-order valence-corrected chi connectivity index (χ3v) is 4.22. The molecule has 154 valence electrons. The van der Waals surface area contributed by atoms with Crippen molar-refractivity contribution >= 4 is 11.6 Å². The van der Waals surface area contributed by atoms with Crippen molar-refractivity contribution < 1.29 is 22.7 Å². The van der Waals surface area contributed by atoms with Gasteiger partial charge in [0, 0.05) is 24.9 Å². The molecule has 3 aromatic rings. The number of amides is 1. The Kier molecular flexibility index (Phi) is 5.90. The number of rotatable bonds is 7. The maximum Gasteiger partial charge on any atom is 0.435 e. The number of benzene rings is 1. The van der Waals surface area contributed by atoms with Crippen LogP contribution in [0.15, 0.2) is 42.7 Å². The summed E-state index contributed by atoms with van der Waals surface area (Å²) in [5.74, 6) is 0.403. The number of hydrogen-bond acceptors (Lipinski definition) is 4. The van der Waals surface area contributed by atoms with Crippen LogP contribution in [0.2, 0.25) is 0 Å². The van der Waals surface area contributed by atoms with E-state index in [0.29, 0.717) is 17.9 Å². The summed E-state index contributed by atoms with van der Waals surface area (Å²) in [4.78, 5) is 12.1. The van der Waals surface area contributed by atoms with Crippen molar-refractivity contribution in [1.29, 1.82) is 0 Å². The zero-order valence-corrected chi connectivity index (χ0v) is 15.9. The van der Waals surface area contributed by atoms with E-state index >= 15 is 0 Å². The second-order valence-electron chi connectivity index (χ2n) is 6.47. The average Bonchev–Trinajstić information content (AvgIpc) is 3.26. The molecule has 1 N–H and O–H groups in total. The number of carbonyl (C=O) groups excluding carboxylic acids is 1. The molecule has 0 aliphatic carbocycles. The van der Waals surface area contributed by atoms with Gasteiger partial charge in [0.05, 0.1) is 25.5 Å². The Bertz CT molecular complexity index is 994. The van der Waals surface area contributed by atoms with Crippen LogP contribution in [0.4, 0.5) is 18.9 Å². The summed E-state index contributed by atoms with van der Waals surface area (Å²) in [5, 5.41) is 10.4. The first-order valence-electron chi connectivity index (χ1n) is 8.81. The van der Waals surface area contributed by atoms with Gasteiger partial charge in [0.15, 0.2) is 5.69 Å². The van der Waals surface area contributed by atoms with E-state index in [4.69, 9.17) is 4.74 Å². The van der Waals surface area contributed by atoms with Crippen LogP contribution in [0.25, 0.3) is 0 Å². The number of hydrogen-bond donors (Lipinski definition) is 1. The van der Waals surface area contributed by atoms with Gasteiger partial charge >= 0.3 is 6.18 Å². The molecule has 0 saturated carbocycles. The predicted octanol–water partition coefficient (Wildman–Crippen LogP) is 3.49. The molecule has 2 heterocycles. The van der Waals surface area contributed by atoms with Crippen molar-refractivity contribution in [3.8, 4) is 5.75 Å². The molecule has 0 fully saturated rings. The molecule has 0 unspecified atom stereocenters. The van der Waals surface area contributed by atoms with Gasteiger partial charge in [-0.1, -0.05) is 12.1 Å². The minimum atomic E-state index is -4.50. The summed E-state index contributed by atoms with van der Waals surface area (Å²) in [5.41, 5.74) is 0.872. The number of aromatic nitrogens is 4. The highest BCUT2D eigenvalue weighted by Crippen LogP contribution is 2.28. The van der Waals surface area contributed by atoms with Gasteiger partial charge in [-0.3, -0.25) is 14.2 Å². The molecule has 0 saturated heterocycles. The number of aryl methyl sites for hydroxylation is 2. The minimum Gasteiger partial charge on any atom is -0.497 e. The van der Waals surface area contributed by atoms with Gasteiger partial charge < -0.3 is 10.1 Å². The topological polar surface area (TPSA) is 74.0 Å². The quantitative estimate of drug-likeness (QED) is 0.651. The standard InChI is InChI=1S/C19H20F3N5O2/c1-13-8-17(19(20,21)22)25-27(13)7-6-18(28)24-15-10-23-26(12-15)11-14-4-3-5-16(9-14)29-2/h3-5,8-10,12H,6-7,11H2,1-2H3,(H,24,28). The Morgan fingerprint density at radius 1 is 1.28 bits per heavy atom. The van der Waals surface area contributed by atoms with Crippen molar-refractivity contribution in [3.63, 3.8) is 0 Å². The maximum absolute atomic E-state index is 12.7. The van der Waals surface area contributed by atoms with Crippen molar-refractivity contribution in [2.75, 3.05) is 12.4 Å². The smallest absolute Gasteiger partial charge is 0.435 e. The molecule has 0 aliphatic heterocycles. The van der Waals surface area contributed by atoms with Crippen molar-refractivity contribution in [2.24, 2.45) is 0 Å². The lowest BCUT2D eigenvalue weighted by atomic mass is 10.2. The second kappa shape index (κ2) is 8.38. The van der Waals surface area contributed by atoms with Gasteiger partial charge in [-0.2, -0.15) is 23.4 Å². The number of halogens is 3. The summed E-state index contributed by atoms with van der Waals surface area (Å²) in [6.07, 6.45) is -1.33. The summed E-state index contributed by atoms with van der Waals surface area (Å²) in [7, 11) is 1.59. The summed E-state index contributed by atoms with van der Waals surface area (Å²) >= 11 is 0. The minimum absolute atomic E-state index is 0.0130. The van der Waals surface area contributed by atoms with E-state index in [0.717, 1.165) is 17.4 Å². The predicted molar refractivity (Wildman–Crippen MR) is 99.5 cm³/mol. The first-order valence-corrected chi connectivity index (χ1v) is 8.81. The Labute approximate surface area is 165 Å². The van der Waals surface area contributed by atoms with E-state index in [1.807, 2.05) is 24.3 Å². The van der Waals surface area contributed by atoms with Crippen LogP contribution in [0.1, 0.15) is 23.4 Å². The van der Waals surface area contributed by atoms with E-state index < -0.39 is 11.9 Å². The number of nitrogens with zero attached hydrogens (tertiary/aromatic N) is 4. The highest BCUT2D eigenvalue weighted by molar-refractivity contribution is 5.90. The van der Waals surface area contributed by atoms with Crippen LogP contribution in [-0.4, -0.2) is 32.6 Å². The van der Waals surface area contributed by atoms with Gasteiger partial charge in [0.25, 0.3) is 0 Å². The van der Waals surface area contributed by atoms with E-state index in [-0.39, 0.29) is 18.9 Å². The van der Waals surface area contributed by atoms with E-state index in [1.54, 1.807) is 18.0 Å². The SMILES string of the molecule is COc1cccc(Cn2cc(NC(=O)CCn3nc(C(F)(F)F)cc3C)cn2)c1. The number of carbonyl (C=O) groups is 1. The van der Waals surface area contributed by atoms with Crippen molar-refractivity contribution in [2.45, 2.75) is 32.6 Å². The average molecular weight is 407 g/mol. The van der Waals surface area contributed by atoms with E-state index in [9.17, 15) is 18.0 Å². The van der Waals surface area contributed by atoms with Gasteiger partial charge in [-0.25, -0.2) is 0 Å². The van der Waals surface area contributed by atoms with Crippen molar-refractivity contribution in [1.82, 2.24) is 19.6 Å². The zero-order chi connectivity index (χ0) is 21.0. The van der Waals surface area contributed by atoms with Crippen LogP contribution in [0.5, 0.6) is 5.75 Å². The Balaban J connectivity index is 1.54. The number of anilines is 1. The number of alkyl halides is 3. The lowest BCUT2D eigenvalue weighted by Gasteiger charge is -2.06. The fraction of sp³-hybridized carbons (Fsp3) is 0.316. The molecule has 1 amide bonds. The molecular formula is C19H20F3N5O2. The zero-order valence-electron chi connectivity index (χ0n) is 15.9. The summed E-state index contributed by atoms with van der Waals surface area (Å²) < 4.78 is 46.1. The summed E-state index contributed by atoms with van der Waals surface area (Å²) in [6.45, 7) is 2.06. The molecule has 0 atom stereocenters. The first kappa shape index (κ1) is 20.4. The van der Waals surface area contributed by atoms with Crippen LogP contribution >= 0.6 is 0 Å². The van der Waals surface area contributed by atoms with E-state index in [1.165, 1.54) is 17.8 Å². The van der Waals surface area contributed by atoms with Crippen molar-refractivity contribution in [3.05, 3.63) is 59.7 Å². The maximum atomic E-state index is 12.7. The Morgan fingerprint density at radius 3 is 2.76 bits per heavy atom. The molecule has 0 bridgehead atoms. The Morgan fingerprint density at radius 2 is 2.07 bits per heavy atom. The summed E-state index contributed by atoms with van der Waals surface area (Å²) in [6, 6.07) is 8.51. The van der Waals surface area contributed by atoms with Crippen LogP contribution < -0.4 is 10.1 Å². The van der Waals surface area contributed by atoms with Crippen LogP contribution in [0.3, 0.4) is 0 Å². The van der Waals surface area contributed by atoms with Gasteiger partial charge in [-0.05, 0) is 30.7 Å². The third-order valence-electron chi connectivity index (χ3n) is 4.22. The molecule has 10 heteroatoms. The molecule has 3 rings (SSSR count). The second-order valence-corrected chi connectivity index (χ2v) is 6.47. The lowest BCUT2D eigenvalue weighted by Crippen LogP contribution is -2.16. The normalized spacial score (nSPS) is 11.5. The van der Waals surface area contributed by atoms with Gasteiger partial charge in [-0.15, -0.1) is 0 Å². The molecule has 29 heavy (non-hydrogen) atoms. The fourth-order valence-corrected chi connectivity index (χ4v) is 2.78. The number of ether oxygens (including phenoxy) is 1. The first-order chi connectivity index (χ1) is 13.7. The van der Waals surface area contributed by atoms with Gasteiger partial charge in [0.1, 0.15) is 5.75 Å². The number of nitrogens with one attached hydrogen (secondary N) is 1. The third kappa shape index (κ3) is 5.37. The Hall–Kier alpha value is -3.30. The molecule has 2 aromatic heterocycles. The molecule has 0 spiro atoms. The fourth-order valence-electron chi connectivity index (χ4n) is 2.78. The monoisotopic (exact) mass is 407 g/mol. The molecular weight excluding hydrogens is 387 g/mol. The highest BCUT2D eigenvalue weighted by atomic mass is 19.4. The molecule has 7 nitrogen and oxygen atoms in total. The molecule has 0 radical (unpaired) electrons. The van der Waals surface area contributed by atoms with Crippen LogP contribution in [0, 0.1) is 6.92 Å². The molecule has 0 aliphatic rings. The highest BCUT2D eigenvalue weighted by Gasteiger charge is 2.34.